The van der Waals surface area contributed by atoms with Gasteiger partial charge in [0.1, 0.15) is 5.60 Å². The van der Waals surface area contributed by atoms with Gasteiger partial charge in [0, 0.05) is 24.9 Å². The molecular formula is C15H25NO4. The summed E-state index contributed by atoms with van der Waals surface area (Å²) in [6.07, 6.45) is 4.05. The minimum absolute atomic E-state index is 0.226. The predicted molar refractivity (Wildman–Crippen MR) is 74.5 cm³/mol. The lowest BCUT2D eigenvalue weighted by atomic mass is 9.65. The summed E-state index contributed by atoms with van der Waals surface area (Å²) in [5.41, 5.74) is -0.217. The van der Waals surface area contributed by atoms with Crippen LogP contribution in [-0.4, -0.2) is 40.8 Å². The molecule has 0 aromatic carbocycles. The molecule has 1 N–H and O–H groups in total. The molecule has 0 atom stereocenters. The maximum atomic E-state index is 11.9. The number of ether oxygens (including phenoxy) is 1. The summed E-state index contributed by atoms with van der Waals surface area (Å²) in [5.74, 6) is -0.386. The summed E-state index contributed by atoms with van der Waals surface area (Å²) < 4.78 is 5.36. The van der Waals surface area contributed by atoms with E-state index in [1.807, 2.05) is 20.8 Å². The van der Waals surface area contributed by atoms with Crippen molar-refractivity contribution < 1.29 is 19.4 Å². The highest BCUT2D eigenvalue weighted by Gasteiger charge is 2.48. The van der Waals surface area contributed by atoms with E-state index in [-0.39, 0.29) is 17.9 Å². The van der Waals surface area contributed by atoms with Gasteiger partial charge in [-0.25, -0.2) is 4.79 Å². The Kier molecular flexibility index (Phi) is 3.98. The molecule has 1 aliphatic carbocycles. The Morgan fingerprint density at radius 2 is 1.80 bits per heavy atom. The molecule has 1 saturated carbocycles. The van der Waals surface area contributed by atoms with Crippen LogP contribution in [0.2, 0.25) is 0 Å². The Hall–Kier alpha value is -1.26. The van der Waals surface area contributed by atoms with Gasteiger partial charge in [-0.1, -0.05) is 0 Å². The molecule has 1 saturated heterocycles. The van der Waals surface area contributed by atoms with Gasteiger partial charge in [0.2, 0.25) is 0 Å². The molecule has 0 bridgehead atoms. The van der Waals surface area contributed by atoms with Crippen LogP contribution >= 0.6 is 0 Å². The van der Waals surface area contributed by atoms with E-state index in [1.54, 1.807) is 4.90 Å². The number of hydrogen-bond acceptors (Lipinski definition) is 3. The number of carbonyl (C=O) groups excluding carboxylic acids is 1. The van der Waals surface area contributed by atoms with Crippen molar-refractivity contribution in [2.24, 2.45) is 11.3 Å². The molecule has 20 heavy (non-hydrogen) atoms. The molecule has 1 amide bonds. The van der Waals surface area contributed by atoms with Crippen molar-refractivity contribution in [3.05, 3.63) is 0 Å². The second kappa shape index (κ2) is 5.26. The van der Waals surface area contributed by atoms with E-state index < -0.39 is 11.6 Å². The van der Waals surface area contributed by atoms with E-state index in [4.69, 9.17) is 9.84 Å². The molecule has 1 heterocycles. The maximum Gasteiger partial charge on any atom is 0.410 e. The molecule has 0 aromatic heterocycles. The molecule has 2 aliphatic rings. The number of aliphatic carboxylic acids is 1. The van der Waals surface area contributed by atoms with Gasteiger partial charge < -0.3 is 14.7 Å². The number of carbonyl (C=O) groups is 2. The van der Waals surface area contributed by atoms with Gasteiger partial charge in [-0.2, -0.15) is 0 Å². The Morgan fingerprint density at radius 1 is 1.25 bits per heavy atom. The van der Waals surface area contributed by atoms with E-state index >= 15 is 0 Å². The fourth-order valence-corrected chi connectivity index (χ4v) is 3.28. The minimum Gasteiger partial charge on any atom is -0.481 e. The lowest BCUT2D eigenvalue weighted by molar-refractivity contribution is -0.138. The lowest BCUT2D eigenvalue weighted by Crippen LogP contribution is -2.60. The molecule has 0 aromatic rings. The summed E-state index contributed by atoms with van der Waals surface area (Å²) in [7, 11) is 0. The van der Waals surface area contributed by atoms with E-state index in [0.717, 1.165) is 38.8 Å². The third-order valence-electron chi connectivity index (χ3n) is 4.33. The summed E-state index contributed by atoms with van der Waals surface area (Å²) >= 11 is 0. The highest BCUT2D eigenvalue weighted by molar-refractivity contribution is 5.69. The fourth-order valence-electron chi connectivity index (χ4n) is 3.28. The standard InChI is InChI=1S/C15H25NO4/c1-14(2,3)20-13(19)16-9-15(10-16)6-4-11(5-7-15)8-12(17)18/h11H,4-10H2,1-3H3,(H,17,18). The second-order valence-corrected chi connectivity index (χ2v) is 7.38. The van der Waals surface area contributed by atoms with Gasteiger partial charge in [-0.15, -0.1) is 0 Å². The average Bonchev–Trinajstić information content (AvgIpc) is 2.24. The van der Waals surface area contributed by atoms with Crippen LogP contribution < -0.4 is 0 Å². The highest BCUT2D eigenvalue weighted by atomic mass is 16.6. The third-order valence-corrected chi connectivity index (χ3v) is 4.33. The van der Waals surface area contributed by atoms with Crippen molar-refractivity contribution in [2.75, 3.05) is 13.1 Å². The van der Waals surface area contributed by atoms with Gasteiger partial charge in [0.05, 0.1) is 0 Å². The summed E-state index contributed by atoms with van der Waals surface area (Å²) in [5, 5.41) is 8.82. The van der Waals surface area contributed by atoms with Gasteiger partial charge >= 0.3 is 12.1 Å². The van der Waals surface area contributed by atoms with Crippen LogP contribution in [-0.2, 0) is 9.53 Å². The summed E-state index contributed by atoms with van der Waals surface area (Å²) in [6, 6.07) is 0. The van der Waals surface area contributed by atoms with Crippen molar-refractivity contribution in [3.8, 4) is 0 Å². The second-order valence-electron chi connectivity index (χ2n) is 7.38. The number of carboxylic acids is 1. The van der Waals surface area contributed by atoms with E-state index in [1.165, 1.54) is 0 Å². The zero-order chi connectivity index (χ0) is 15.0. The van der Waals surface area contributed by atoms with Crippen LogP contribution in [0, 0.1) is 11.3 Å². The minimum atomic E-state index is -0.699. The third kappa shape index (κ3) is 3.64. The Bertz CT molecular complexity index is 383. The van der Waals surface area contributed by atoms with Gasteiger partial charge in [0.25, 0.3) is 0 Å². The largest absolute Gasteiger partial charge is 0.481 e. The fraction of sp³-hybridized carbons (Fsp3) is 0.867. The molecule has 0 radical (unpaired) electrons. The molecular weight excluding hydrogens is 258 g/mol. The summed E-state index contributed by atoms with van der Waals surface area (Å²) in [4.78, 5) is 24.4. The zero-order valence-corrected chi connectivity index (χ0v) is 12.6. The molecule has 1 spiro atoms. The highest BCUT2D eigenvalue weighted by Crippen LogP contribution is 2.46. The van der Waals surface area contributed by atoms with Crippen molar-refractivity contribution in [1.29, 1.82) is 0 Å². The maximum absolute atomic E-state index is 11.9. The Morgan fingerprint density at radius 3 is 2.25 bits per heavy atom. The first-order valence-electron chi connectivity index (χ1n) is 7.39. The van der Waals surface area contributed by atoms with Crippen molar-refractivity contribution in [2.45, 2.75) is 58.5 Å². The van der Waals surface area contributed by atoms with Gasteiger partial charge in [-0.3, -0.25) is 4.79 Å². The van der Waals surface area contributed by atoms with Crippen molar-refractivity contribution in [1.82, 2.24) is 4.90 Å². The molecule has 114 valence electrons. The van der Waals surface area contributed by atoms with Crippen LogP contribution in [0.3, 0.4) is 0 Å². The van der Waals surface area contributed by atoms with Gasteiger partial charge in [0.15, 0.2) is 0 Å². The molecule has 1 aliphatic heterocycles. The average molecular weight is 283 g/mol. The molecule has 2 rings (SSSR count). The lowest BCUT2D eigenvalue weighted by Gasteiger charge is -2.53. The summed E-state index contributed by atoms with van der Waals surface area (Å²) in [6.45, 7) is 7.15. The number of likely N-dealkylation sites (tertiary alicyclic amines) is 1. The first kappa shape index (κ1) is 15.1. The Balaban J connectivity index is 1.76. The van der Waals surface area contributed by atoms with Crippen LogP contribution in [0.15, 0.2) is 0 Å². The first-order valence-corrected chi connectivity index (χ1v) is 7.39. The normalized spacial score (nSPS) is 22.4. The van der Waals surface area contributed by atoms with E-state index in [9.17, 15) is 9.59 Å². The number of amides is 1. The number of hydrogen-bond donors (Lipinski definition) is 1. The molecule has 5 heteroatoms. The van der Waals surface area contributed by atoms with Crippen LogP contribution in [0.4, 0.5) is 4.79 Å². The number of carboxylic acid groups (broad SMARTS) is 1. The van der Waals surface area contributed by atoms with E-state index in [0.29, 0.717) is 5.92 Å². The smallest absolute Gasteiger partial charge is 0.410 e. The first-order chi connectivity index (χ1) is 9.19. The van der Waals surface area contributed by atoms with Crippen LogP contribution in [0.1, 0.15) is 52.9 Å². The topological polar surface area (TPSA) is 66.8 Å². The molecule has 0 unspecified atom stereocenters. The quantitative estimate of drug-likeness (QED) is 0.846. The van der Waals surface area contributed by atoms with Crippen molar-refractivity contribution in [3.63, 3.8) is 0 Å². The van der Waals surface area contributed by atoms with Crippen LogP contribution in [0.5, 0.6) is 0 Å². The predicted octanol–water partition coefficient (Wildman–Crippen LogP) is 2.89. The van der Waals surface area contributed by atoms with E-state index in [2.05, 4.69) is 0 Å². The monoisotopic (exact) mass is 283 g/mol. The number of nitrogens with zero attached hydrogens (tertiary/aromatic N) is 1. The molecule has 2 fully saturated rings. The number of rotatable bonds is 2. The van der Waals surface area contributed by atoms with Crippen LogP contribution in [0.25, 0.3) is 0 Å². The van der Waals surface area contributed by atoms with Gasteiger partial charge in [-0.05, 0) is 52.4 Å². The SMILES string of the molecule is CC(C)(C)OC(=O)N1CC2(CCC(CC(=O)O)CC2)C1. The molecule has 5 nitrogen and oxygen atoms in total. The Labute approximate surface area is 120 Å². The zero-order valence-electron chi connectivity index (χ0n) is 12.6. The van der Waals surface area contributed by atoms with Crippen molar-refractivity contribution >= 4 is 12.1 Å².